The molecule has 2 heterocycles. The molecule has 1 aliphatic heterocycles. The molecule has 1 amide bonds. The van der Waals surface area contributed by atoms with Crippen LogP contribution < -0.4 is 0 Å². The number of hydrogen-bond donors (Lipinski definition) is 1. The van der Waals surface area contributed by atoms with Crippen LogP contribution >= 0.6 is 0 Å². The van der Waals surface area contributed by atoms with Crippen molar-refractivity contribution in [3.8, 4) is 22.5 Å². The van der Waals surface area contributed by atoms with E-state index in [4.69, 9.17) is 4.74 Å². The van der Waals surface area contributed by atoms with Gasteiger partial charge in [0.25, 0.3) is 5.91 Å². The van der Waals surface area contributed by atoms with Crippen molar-refractivity contribution in [1.29, 1.82) is 0 Å². The van der Waals surface area contributed by atoms with Crippen LogP contribution in [0.1, 0.15) is 23.2 Å². The molecular formula is C20H21N5O2. The zero-order valence-electron chi connectivity index (χ0n) is 15.1. The Bertz CT molecular complexity index is 908. The van der Waals surface area contributed by atoms with E-state index in [1.165, 1.54) is 0 Å². The van der Waals surface area contributed by atoms with Crippen LogP contribution in [0.15, 0.2) is 48.5 Å². The molecule has 3 aromatic rings. The smallest absolute Gasteiger partial charge is 0.253 e. The van der Waals surface area contributed by atoms with E-state index in [-0.39, 0.29) is 12.0 Å². The van der Waals surface area contributed by atoms with Crippen LogP contribution in [0.2, 0.25) is 0 Å². The summed E-state index contributed by atoms with van der Waals surface area (Å²) in [6, 6.07) is 15.6. The summed E-state index contributed by atoms with van der Waals surface area (Å²) < 4.78 is 5.43. The van der Waals surface area contributed by atoms with Crippen LogP contribution in [0.25, 0.3) is 22.5 Å². The maximum Gasteiger partial charge on any atom is 0.253 e. The summed E-state index contributed by atoms with van der Waals surface area (Å²) in [5.74, 6) is 0.616. The fourth-order valence-electron chi connectivity index (χ4n) is 3.43. The highest BCUT2D eigenvalue weighted by Gasteiger charge is 2.24. The summed E-state index contributed by atoms with van der Waals surface area (Å²) >= 11 is 0. The van der Waals surface area contributed by atoms with E-state index >= 15 is 0 Å². The monoisotopic (exact) mass is 363 g/mol. The molecule has 7 nitrogen and oxygen atoms in total. The van der Waals surface area contributed by atoms with Crippen molar-refractivity contribution in [3.63, 3.8) is 0 Å². The first-order chi connectivity index (χ1) is 13.2. The maximum absolute atomic E-state index is 12.9. The highest BCUT2D eigenvalue weighted by molar-refractivity contribution is 5.95. The Morgan fingerprint density at radius 3 is 2.70 bits per heavy atom. The quantitative estimate of drug-likeness (QED) is 0.770. The molecule has 4 rings (SSSR count). The molecule has 0 radical (unpaired) electrons. The Kier molecular flexibility index (Phi) is 4.93. The van der Waals surface area contributed by atoms with E-state index in [1.54, 1.807) is 7.11 Å². The second-order valence-corrected chi connectivity index (χ2v) is 6.64. The Balaban J connectivity index is 1.54. The lowest BCUT2D eigenvalue weighted by Crippen LogP contribution is -2.42. The molecule has 27 heavy (non-hydrogen) atoms. The third kappa shape index (κ3) is 3.73. The van der Waals surface area contributed by atoms with Gasteiger partial charge in [0.05, 0.1) is 6.10 Å². The molecule has 1 fully saturated rings. The van der Waals surface area contributed by atoms with Gasteiger partial charge in [-0.2, -0.15) is 5.21 Å². The highest BCUT2D eigenvalue weighted by Crippen LogP contribution is 2.24. The molecule has 1 saturated heterocycles. The number of amides is 1. The van der Waals surface area contributed by atoms with Crippen LogP contribution in [0, 0.1) is 0 Å². The van der Waals surface area contributed by atoms with Gasteiger partial charge in [0.15, 0.2) is 0 Å². The largest absolute Gasteiger partial charge is 0.380 e. The summed E-state index contributed by atoms with van der Waals surface area (Å²) in [6.07, 6.45) is 2.11. The van der Waals surface area contributed by atoms with Crippen LogP contribution in [-0.2, 0) is 4.74 Å². The first kappa shape index (κ1) is 17.4. The lowest BCUT2D eigenvalue weighted by atomic mass is 10.0. The van der Waals surface area contributed by atoms with Crippen LogP contribution in [0.4, 0.5) is 0 Å². The minimum Gasteiger partial charge on any atom is -0.380 e. The van der Waals surface area contributed by atoms with Gasteiger partial charge >= 0.3 is 0 Å². The minimum atomic E-state index is 0.0574. The third-order valence-electron chi connectivity index (χ3n) is 4.93. The number of piperidine rings is 1. The van der Waals surface area contributed by atoms with Gasteiger partial charge in [-0.25, -0.2) is 0 Å². The molecule has 1 atom stereocenters. The zero-order chi connectivity index (χ0) is 18.6. The van der Waals surface area contributed by atoms with Crippen LogP contribution in [0.3, 0.4) is 0 Å². The number of nitrogens with zero attached hydrogens (tertiary/aromatic N) is 4. The summed E-state index contributed by atoms with van der Waals surface area (Å²) in [6.45, 7) is 1.43. The van der Waals surface area contributed by atoms with Crippen molar-refractivity contribution in [3.05, 3.63) is 54.1 Å². The third-order valence-corrected chi connectivity index (χ3v) is 4.93. The van der Waals surface area contributed by atoms with Gasteiger partial charge in [-0.3, -0.25) is 4.79 Å². The van der Waals surface area contributed by atoms with Crippen molar-refractivity contribution in [1.82, 2.24) is 25.5 Å². The summed E-state index contributed by atoms with van der Waals surface area (Å²) in [4.78, 5) is 14.8. The fraction of sp³-hybridized carbons (Fsp3) is 0.300. The van der Waals surface area contributed by atoms with Gasteiger partial charge < -0.3 is 9.64 Å². The second kappa shape index (κ2) is 7.67. The molecule has 1 unspecified atom stereocenters. The number of ether oxygens (including phenoxy) is 1. The molecule has 1 N–H and O–H groups in total. The normalized spacial score (nSPS) is 17.1. The van der Waals surface area contributed by atoms with Gasteiger partial charge in [-0.1, -0.05) is 36.4 Å². The summed E-state index contributed by atoms with van der Waals surface area (Å²) in [5.41, 5.74) is 3.62. The van der Waals surface area contributed by atoms with Gasteiger partial charge in [0, 0.05) is 31.3 Å². The topological polar surface area (TPSA) is 84.0 Å². The second-order valence-electron chi connectivity index (χ2n) is 6.64. The number of H-pyrrole nitrogens is 1. The molecule has 0 aliphatic carbocycles. The Morgan fingerprint density at radius 1 is 1.15 bits per heavy atom. The number of aromatic nitrogens is 4. The molecular weight excluding hydrogens is 342 g/mol. The molecule has 2 aromatic carbocycles. The number of tetrazole rings is 1. The van der Waals surface area contributed by atoms with Crippen LogP contribution in [0.5, 0.6) is 0 Å². The van der Waals surface area contributed by atoms with Crippen molar-refractivity contribution in [2.75, 3.05) is 20.2 Å². The van der Waals surface area contributed by atoms with Crippen molar-refractivity contribution < 1.29 is 9.53 Å². The van der Waals surface area contributed by atoms with Gasteiger partial charge in [0.2, 0.25) is 5.82 Å². The fourth-order valence-corrected chi connectivity index (χ4v) is 3.43. The van der Waals surface area contributed by atoms with Crippen molar-refractivity contribution in [2.45, 2.75) is 18.9 Å². The average Bonchev–Trinajstić information content (AvgIpc) is 3.28. The maximum atomic E-state index is 12.9. The molecule has 0 spiro atoms. The lowest BCUT2D eigenvalue weighted by molar-refractivity contribution is 0.0269. The minimum absolute atomic E-state index is 0.0574. The number of hydrogen-bond acceptors (Lipinski definition) is 5. The first-order valence-electron chi connectivity index (χ1n) is 9.01. The number of benzene rings is 2. The van der Waals surface area contributed by atoms with E-state index < -0.39 is 0 Å². The number of carbonyl (C=O) groups excluding carboxylic acids is 1. The molecule has 7 heteroatoms. The lowest BCUT2D eigenvalue weighted by Gasteiger charge is -2.32. The standard InChI is InChI=1S/C20H21N5O2/c1-27-18-6-3-11-25(13-18)20(26)17-5-2-4-16(12-17)14-7-9-15(10-8-14)19-21-23-24-22-19/h2,4-5,7-10,12,18H,3,6,11,13H2,1H3,(H,21,22,23,24). The molecule has 1 aliphatic rings. The highest BCUT2D eigenvalue weighted by atomic mass is 16.5. The first-order valence-corrected chi connectivity index (χ1v) is 9.01. The molecule has 1 aromatic heterocycles. The average molecular weight is 363 g/mol. The van der Waals surface area contributed by atoms with E-state index in [2.05, 4.69) is 20.6 Å². The van der Waals surface area contributed by atoms with E-state index in [1.807, 2.05) is 53.4 Å². The Labute approximate surface area is 157 Å². The van der Waals surface area contributed by atoms with Gasteiger partial charge in [0.1, 0.15) is 0 Å². The number of rotatable bonds is 4. The van der Waals surface area contributed by atoms with E-state index in [9.17, 15) is 4.79 Å². The van der Waals surface area contributed by atoms with Crippen molar-refractivity contribution in [2.24, 2.45) is 0 Å². The summed E-state index contributed by atoms with van der Waals surface area (Å²) in [5, 5.41) is 14.0. The molecule has 138 valence electrons. The number of aromatic amines is 1. The molecule has 0 saturated carbocycles. The number of nitrogens with one attached hydrogen (secondary N) is 1. The van der Waals surface area contributed by atoms with E-state index in [0.29, 0.717) is 17.9 Å². The molecule has 0 bridgehead atoms. The SMILES string of the molecule is COC1CCCN(C(=O)c2cccc(-c3ccc(-c4nn[nH]n4)cc3)c2)C1. The predicted molar refractivity (Wildman–Crippen MR) is 101 cm³/mol. The van der Waals surface area contributed by atoms with Crippen LogP contribution in [-0.4, -0.2) is 57.7 Å². The summed E-state index contributed by atoms with van der Waals surface area (Å²) in [7, 11) is 1.71. The number of likely N-dealkylation sites (tertiary alicyclic amines) is 1. The van der Waals surface area contributed by atoms with E-state index in [0.717, 1.165) is 36.1 Å². The Hall–Kier alpha value is -3.06. The van der Waals surface area contributed by atoms with Crippen molar-refractivity contribution >= 4 is 5.91 Å². The number of methoxy groups -OCH3 is 1. The predicted octanol–water partition coefficient (Wildman–Crippen LogP) is 2.78. The van der Waals surface area contributed by atoms with Gasteiger partial charge in [-0.15, -0.1) is 10.2 Å². The zero-order valence-corrected chi connectivity index (χ0v) is 15.1. The number of carbonyl (C=O) groups is 1. The Morgan fingerprint density at radius 2 is 1.96 bits per heavy atom. The van der Waals surface area contributed by atoms with Gasteiger partial charge in [-0.05, 0) is 41.3 Å².